The smallest absolute Gasteiger partial charge is 0.300 e. The van der Waals surface area contributed by atoms with Gasteiger partial charge in [0.05, 0.1) is 10.9 Å². The van der Waals surface area contributed by atoms with Gasteiger partial charge >= 0.3 is 0 Å². The first kappa shape index (κ1) is 25.6. The number of para-hydroxylation sites is 1. The summed E-state index contributed by atoms with van der Waals surface area (Å²) >= 11 is 0. The topological polar surface area (TPSA) is 96.7 Å². The van der Waals surface area contributed by atoms with Crippen LogP contribution in [-0.2, 0) is 9.59 Å². The second-order valence-electron chi connectivity index (χ2n) is 9.86. The van der Waals surface area contributed by atoms with Gasteiger partial charge in [-0.05, 0) is 52.0 Å². The Morgan fingerprint density at radius 2 is 1.49 bits per heavy atom. The van der Waals surface area contributed by atoms with E-state index in [-0.39, 0.29) is 16.5 Å². The third-order valence-electron chi connectivity index (χ3n) is 5.77. The van der Waals surface area contributed by atoms with Crippen LogP contribution in [0.3, 0.4) is 0 Å². The summed E-state index contributed by atoms with van der Waals surface area (Å²) in [6, 6.07) is 20.1. The molecule has 1 atom stereocenters. The summed E-state index contributed by atoms with van der Waals surface area (Å²) in [7, 11) is 0. The molecular weight excluding hydrogens is 468 g/mol. The molecule has 4 aromatic rings. The third-order valence-corrected chi connectivity index (χ3v) is 5.77. The molecule has 0 fully saturated rings. The van der Waals surface area contributed by atoms with Crippen LogP contribution in [0.4, 0.5) is 5.69 Å². The number of fused-ring (bicyclic) bond motifs is 1. The minimum atomic E-state index is -1.47. The van der Waals surface area contributed by atoms with Crippen molar-refractivity contribution >= 4 is 34.3 Å². The van der Waals surface area contributed by atoms with Gasteiger partial charge in [0.15, 0.2) is 5.43 Å². The first-order chi connectivity index (χ1) is 17.6. The number of aryl methyl sites for hydroxylation is 1. The molecule has 4 rings (SSSR count). The monoisotopic (exact) mass is 496 g/mol. The largest absolute Gasteiger partial charge is 0.464 e. The summed E-state index contributed by atoms with van der Waals surface area (Å²) in [6.07, 6.45) is 1.19. The minimum absolute atomic E-state index is 0.0600. The van der Waals surface area contributed by atoms with Gasteiger partial charge in [-0.3, -0.25) is 24.1 Å². The van der Waals surface area contributed by atoms with Crippen molar-refractivity contribution in [1.82, 2.24) is 5.32 Å². The molecule has 7 heteroatoms. The average molecular weight is 497 g/mol. The standard InChI is InChI=1S/C30H28N2O5/c1-19-14-16-21(17-15-19)32(29(36)26(33)20-10-6-5-7-11-20)25(28(35)31-30(2,3)4)23-18-37-24-13-9-8-12-22(24)27(23)34/h5-18,25H,1-4H3,(H,31,35). The van der Waals surface area contributed by atoms with Crippen molar-refractivity contribution in [2.45, 2.75) is 39.3 Å². The Labute approximate surface area is 214 Å². The fourth-order valence-corrected chi connectivity index (χ4v) is 4.03. The Bertz CT molecular complexity index is 1520. The SMILES string of the molecule is Cc1ccc(N(C(=O)C(=O)c2ccccc2)C(C(=O)NC(C)(C)C)c2coc3ccccc3c2=O)cc1. The minimum Gasteiger partial charge on any atom is -0.464 e. The van der Waals surface area contributed by atoms with Crippen molar-refractivity contribution in [2.75, 3.05) is 4.90 Å². The predicted molar refractivity (Wildman–Crippen MR) is 143 cm³/mol. The van der Waals surface area contributed by atoms with E-state index in [1.807, 2.05) is 6.92 Å². The lowest BCUT2D eigenvalue weighted by molar-refractivity contribution is -0.126. The van der Waals surface area contributed by atoms with Crippen LogP contribution in [0.5, 0.6) is 0 Å². The number of nitrogens with zero attached hydrogens (tertiary/aromatic N) is 1. The molecule has 1 N–H and O–H groups in total. The van der Waals surface area contributed by atoms with Crippen LogP contribution < -0.4 is 15.6 Å². The van der Waals surface area contributed by atoms with E-state index in [1.54, 1.807) is 87.5 Å². The van der Waals surface area contributed by atoms with Gasteiger partial charge in [-0.25, -0.2) is 0 Å². The van der Waals surface area contributed by atoms with Crippen LogP contribution in [0.25, 0.3) is 11.0 Å². The molecule has 37 heavy (non-hydrogen) atoms. The molecule has 1 aromatic heterocycles. The van der Waals surface area contributed by atoms with Crippen LogP contribution in [0.2, 0.25) is 0 Å². The second kappa shape index (κ2) is 10.2. The number of rotatable bonds is 6. The molecule has 0 radical (unpaired) electrons. The van der Waals surface area contributed by atoms with Crippen LogP contribution in [0.1, 0.15) is 48.3 Å². The van der Waals surface area contributed by atoms with Gasteiger partial charge in [0, 0.05) is 16.8 Å². The van der Waals surface area contributed by atoms with Crippen molar-refractivity contribution in [3.05, 3.63) is 112 Å². The number of Topliss-reactive ketones (excluding diaryl/α,β-unsaturated/α-hetero) is 1. The number of ketones is 1. The van der Waals surface area contributed by atoms with Crippen LogP contribution in [-0.4, -0.2) is 23.1 Å². The van der Waals surface area contributed by atoms with Gasteiger partial charge in [-0.1, -0.05) is 60.2 Å². The number of carbonyl (C=O) groups excluding carboxylic acids is 3. The number of carbonyl (C=O) groups is 3. The first-order valence-corrected chi connectivity index (χ1v) is 11.9. The molecule has 0 aliphatic heterocycles. The molecular formula is C30H28N2O5. The zero-order valence-electron chi connectivity index (χ0n) is 21.1. The molecule has 0 spiro atoms. The lowest BCUT2D eigenvalue weighted by Gasteiger charge is -2.33. The number of hydrogen-bond donors (Lipinski definition) is 1. The van der Waals surface area contributed by atoms with E-state index in [4.69, 9.17) is 4.42 Å². The maximum Gasteiger partial charge on any atom is 0.300 e. The molecule has 1 heterocycles. The Morgan fingerprint density at radius 1 is 0.865 bits per heavy atom. The van der Waals surface area contributed by atoms with E-state index >= 15 is 0 Å². The quantitative estimate of drug-likeness (QED) is 0.300. The highest BCUT2D eigenvalue weighted by Crippen LogP contribution is 2.29. The van der Waals surface area contributed by atoms with Crippen LogP contribution in [0.15, 0.2) is 94.3 Å². The molecule has 0 saturated heterocycles. The van der Waals surface area contributed by atoms with Gasteiger partial charge in [0.25, 0.3) is 11.7 Å². The maximum absolute atomic E-state index is 13.9. The Balaban J connectivity index is 1.95. The van der Waals surface area contributed by atoms with Crippen LogP contribution >= 0.6 is 0 Å². The van der Waals surface area contributed by atoms with Gasteiger partial charge in [0.2, 0.25) is 5.91 Å². The summed E-state index contributed by atoms with van der Waals surface area (Å²) in [5.74, 6) is -2.37. The highest BCUT2D eigenvalue weighted by atomic mass is 16.3. The molecule has 0 aliphatic rings. The predicted octanol–water partition coefficient (Wildman–Crippen LogP) is 4.97. The van der Waals surface area contributed by atoms with Crippen molar-refractivity contribution in [1.29, 1.82) is 0 Å². The highest BCUT2D eigenvalue weighted by molar-refractivity contribution is 6.47. The Morgan fingerprint density at radius 3 is 2.14 bits per heavy atom. The molecule has 7 nitrogen and oxygen atoms in total. The summed E-state index contributed by atoms with van der Waals surface area (Å²) in [5, 5.41) is 3.13. The Hall–Kier alpha value is -4.52. The fraction of sp³-hybridized carbons (Fsp3) is 0.200. The van der Waals surface area contributed by atoms with Crippen molar-refractivity contribution in [3.63, 3.8) is 0 Å². The Kier molecular flexibility index (Phi) is 7.07. The fourth-order valence-electron chi connectivity index (χ4n) is 4.03. The second-order valence-corrected chi connectivity index (χ2v) is 9.86. The van der Waals surface area contributed by atoms with Gasteiger partial charge in [-0.15, -0.1) is 0 Å². The zero-order valence-corrected chi connectivity index (χ0v) is 21.1. The number of anilines is 1. The van der Waals surface area contributed by atoms with E-state index in [9.17, 15) is 19.2 Å². The average Bonchev–Trinajstić information content (AvgIpc) is 2.87. The summed E-state index contributed by atoms with van der Waals surface area (Å²) in [5.41, 5.74) is 0.527. The summed E-state index contributed by atoms with van der Waals surface area (Å²) in [4.78, 5) is 55.7. The van der Waals surface area contributed by atoms with E-state index in [0.717, 1.165) is 10.5 Å². The maximum atomic E-state index is 13.9. The highest BCUT2D eigenvalue weighted by Gasteiger charge is 2.39. The number of benzene rings is 3. The molecule has 0 bridgehead atoms. The van der Waals surface area contributed by atoms with Gasteiger partial charge in [0.1, 0.15) is 17.9 Å². The van der Waals surface area contributed by atoms with E-state index < -0.39 is 34.6 Å². The van der Waals surface area contributed by atoms with Crippen molar-refractivity contribution in [3.8, 4) is 0 Å². The third kappa shape index (κ3) is 5.51. The lowest BCUT2D eigenvalue weighted by Crippen LogP contribution is -2.51. The molecule has 0 aliphatic carbocycles. The molecule has 2 amide bonds. The molecule has 188 valence electrons. The van der Waals surface area contributed by atoms with Gasteiger partial charge in [-0.2, -0.15) is 0 Å². The van der Waals surface area contributed by atoms with Gasteiger partial charge < -0.3 is 9.73 Å². The molecule has 3 aromatic carbocycles. The number of nitrogens with one attached hydrogen (secondary N) is 1. The number of hydrogen-bond acceptors (Lipinski definition) is 5. The first-order valence-electron chi connectivity index (χ1n) is 11.9. The number of amides is 2. The van der Waals surface area contributed by atoms with Crippen molar-refractivity contribution in [2.24, 2.45) is 0 Å². The normalized spacial score (nSPS) is 12.1. The molecule has 1 unspecified atom stereocenters. The summed E-state index contributed by atoms with van der Waals surface area (Å²) in [6.45, 7) is 7.25. The zero-order chi connectivity index (χ0) is 26.7. The lowest BCUT2D eigenvalue weighted by atomic mass is 9.99. The van der Waals surface area contributed by atoms with Crippen molar-refractivity contribution < 1.29 is 18.8 Å². The summed E-state index contributed by atoms with van der Waals surface area (Å²) < 4.78 is 5.71. The van der Waals surface area contributed by atoms with Crippen LogP contribution in [0, 0.1) is 6.92 Å². The van der Waals surface area contributed by atoms with E-state index in [2.05, 4.69) is 5.32 Å². The van der Waals surface area contributed by atoms with E-state index in [1.165, 1.54) is 18.4 Å². The van der Waals surface area contributed by atoms with E-state index in [0.29, 0.717) is 11.3 Å². The molecule has 0 saturated carbocycles.